The maximum Gasteiger partial charge on any atom is 0.119 e. The highest BCUT2D eigenvalue weighted by Crippen LogP contribution is 2.32. The minimum absolute atomic E-state index is 0.691. The largest absolute Gasteiger partial charge is 0.490 e. The van der Waals surface area contributed by atoms with E-state index in [0.29, 0.717) is 6.61 Å². The molecule has 1 aliphatic rings. The molecular weight excluding hydrogens is 383 g/mol. The third kappa shape index (κ3) is 6.72. The van der Waals surface area contributed by atoms with Gasteiger partial charge in [-0.05, 0) is 84.4 Å². The monoisotopic (exact) mass is 412 g/mol. The van der Waals surface area contributed by atoms with E-state index in [4.69, 9.17) is 4.74 Å². The molecule has 0 heterocycles. The van der Waals surface area contributed by atoms with Crippen LogP contribution in [0, 0.1) is 15.4 Å². The standard InChI is InChI=1S/C20H29IO/c1-2-3-4-6-17-8-10-18(11-9-17)7-5-16-22-20-14-12-19(21)13-15-20/h5,7,12-15,17-18H,2-4,6,8-11,16H2,1H3/b7-5+/t17-,18-. The highest BCUT2D eigenvalue weighted by Gasteiger charge is 2.18. The molecule has 0 saturated heterocycles. The number of hydrogen-bond donors (Lipinski definition) is 0. The van der Waals surface area contributed by atoms with Gasteiger partial charge in [0.2, 0.25) is 0 Å². The van der Waals surface area contributed by atoms with Gasteiger partial charge in [-0.3, -0.25) is 0 Å². The van der Waals surface area contributed by atoms with Gasteiger partial charge in [0.15, 0.2) is 0 Å². The van der Waals surface area contributed by atoms with E-state index in [1.165, 1.54) is 54.9 Å². The van der Waals surface area contributed by atoms with Crippen LogP contribution in [0.1, 0.15) is 58.3 Å². The third-order valence-electron chi connectivity index (χ3n) is 4.68. The molecule has 1 aliphatic carbocycles. The van der Waals surface area contributed by atoms with Gasteiger partial charge in [-0.2, -0.15) is 0 Å². The Labute approximate surface area is 149 Å². The van der Waals surface area contributed by atoms with Crippen LogP contribution in [0.5, 0.6) is 5.75 Å². The molecule has 0 atom stereocenters. The normalized spacial score (nSPS) is 22.1. The topological polar surface area (TPSA) is 9.23 Å². The predicted molar refractivity (Wildman–Crippen MR) is 103 cm³/mol. The minimum atomic E-state index is 0.691. The molecule has 0 aromatic heterocycles. The lowest BCUT2D eigenvalue weighted by Gasteiger charge is -2.26. The van der Waals surface area contributed by atoms with E-state index in [9.17, 15) is 0 Å². The highest BCUT2D eigenvalue weighted by atomic mass is 127. The maximum atomic E-state index is 5.75. The van der Waals surface area contributed by atoms with E-state index in [0.717, 1.165) is 17.6 Å². The number of benzene rings is 1. The van der Waals surface area contributed by atoms with Crippen LogP contribution in [0.15, 0.2) is 36.4 Å². The van der Waals surface area contributed by atoms with E-state index in [2.05, 4.69) is 53.8 Å². The Morgan fingerprint density at radius 1 is 1.09 bits per heavy atom. The molecule has 0 amide bonds. The zero-order chi connectivity index (χ0) is 15.6. The fourth-order valence-electron chi connectivity index (χ4n) is 3.28. The summed E-state index contributed by atoms with van der Waals surface area (Å²) in [4.78, 5) is 0. The van der Waals surface area contributed by atoms with Crippen molar-refractivity contribution in [1.29, 1.82) is 0 Å². The van der Waals surface area contributed by atoms with Crippen LogP contribution < -0.4 is 4.74 Å². The first-order valence-electron chi connectivity index (χ1n) is 8.83. The summed E-state index contributed by atoms with van der Waals surface area (Å²) in [6.07, 6.45) is 15.8. The fourth-order valence-corrected chi connectivity index (χ4v) is 3.64. The van der Waals surface area contributed by atoms with Gasteiger partial charge >= 0.3 is 0 Å². The van der Waals surface area contributed by atoms with Crippen molar-refractivity contribution in [2.24, 2.45) is 11.8 Å². The van der Waals surface area contributed by atoms with Crippen LogP contribution in [0.25, 0.3) is 0 Å². The van der Waals surface area contributed by atoms with Crippen molar-refractivity contribution in [2.45, 2.75) is 58.3 Å². The SMILES string of the molecule is CCCCC[C@H]1CC[C@H](/C=C/COc2ccc(I)cc2)CC1. The van der Waals surface area contributed by atoms with E-state index in [-0.39, 0.29) is 0 Å². The molecule has 1 saturated carbocycles. The Bertz CT molecular complexity index is 430. The van der Waals surface area contributed by atoms with E-state index < -0.39 is 0 Å². The fraction of sp³-hybridized carbons (Fsp3) is 0.600. The molecule has 0 aliphatic heterocycles. The van der Waals surface area contributed by atoms with E-state index in [1.807, 2.05) is 12.1 Å². The molecule has 0 unspecified atom stereocenters. The summed E-state index contributed by atoms with van der Waals surface area (Å²) in [7, 11) is 0. The van der Waals surface area contributed by atoms with Crippen molar-refractivity contribution in [3.05, 3.63) is 40.0 Å². The van der Waals surface area contributed by atoms with E-state index in [1.54, 1.807) is 0 Å². The first-order valence-corrected chi connectivity index (χ1v) is 9.91. The maximum absolute atomic E-state index is 5.75. The molecule has 0 bridgehead atoms. The zero-order valence-electron chi connectivity index (χ0n) is 13.8. The van der Waals surface area contributed by atoms with Gasteiger partial charge in [0.05, 0.1) is 0 Å². The summed E-state index contributed by atoms with van der Waals surface area (Å²) in [5.41, 5.74) is 0. The number of allylic oxidation sites excluding steroid dienone is 1. The van der Waals surface area contributed by atoms with Crippen molar-refractivity contribution in [3.63, 3.8) is 0 Å². The molecule has 2 rings (SSSR count). The van der Waals surface area contributed by atoms with Gasteiger partial charge in [0.25, 0.3) is 0 Å². The van der Waals surface area contributed by atoms with Gasteiger partial charge in [0, 0.05) is 3.57 Å². The van der Waals surface area contributed by atoms with Gasteiger partial charge in [-0.15, -0.1) is 0 Å². The minimum Gasteiger partial charge on any atom is -0.490 e. The Kier molecular flexibility index (Phi) is 8.35. The summed E-state index contributed by atoms with van der Waals surface area (Å²) in [5.74, 6) is 2.74. The Balaban J connectivity index is 1.60. The van der Waals surface area contributed by atoms with Crippen molar-refractivity contribution < 1.29 is 4.74 Å². The Morgan fingerprint density at radius 2 is 1.82 bits per heavy atom. The molecular formula is C20H29IO. The molecule has 1 aromatic rings. The smallest absolute Gasteiger partial charge is 0.119 e. The first kappa shape index (κ1) is 17.8. The number of halogens is 1. The number of hydrogen-bond acceptors (Lipinski definition) is 1. The van der Waals surface area contributed by atoms with Gasteiger partial charge < -0.3 is 4.74 Å². The molecule has 0 N–H and O–H groups in total. The molecule has 22 heavy (non-hydrogen) atoms. The van der Waals surface area contributed by atoms with Crippen LogP contribution in [-0.2, 0) is 0 Å². The van der Waals surface area contributed by atoms with Crippen molar-refractivity contribution in [1.82, 2.24) is 0 Å². The van der Waals surface area contributed by atoms with Gasteiger partial charge in [-0.25, -0.2) is 0 Å². The summed E-state index contributed by atoms with van der Waals surface area (Å²) in [6, 6.07) is 8.24. The predicted octanol–water partition coefficient (Wildman–Crippen LogP) is 6.61. The lowest BCUT2D eigenvalue weighted by molar-refractivity contribution is 0.288. The number of unbranched alkanes of at least 4 members (excludes halogenated alkanes) is 2. The van der Waals surface area contributed by atoms with Crippen LogP contribution in [0.3, 0.4) is 0 Å². The molecule has 1 nitrogen and oxygen atoms in total. The van der Waals surface area contributed by atoms with Crippen LogP contribution in [0.2, 0.25) is 0 Å². The summed E-state index contributed by atoms with van der Waals surface area (Å²) < 4.78 is 6.99. The van der Waals surface area contributed by atoms with E-state index >= 15 is 0 Å². The summed E-state index contributed by atoms with van der Waals surface area (Å²) >= 11 is 2.31. The first-order chi connectivity index (χ1) is 10.8. The number of rotatable bonds is 8. The van der Waals surface area contributed by atoms with Crippen molar-refractivity contribution in [3.8, 4) is 5.75 Å². The van der Waals surface area contributed by atoms with Crippen molar-refractivity contribution >= 4 is 22.6 Å². The number of ether oxygens (including phenoxy) is 1. The second-order valence-electron chi connectivity index (χ2n) is 6.47. The second kappa shape index (κ2) is 10.3. The highest BCUT2D eigenvalue weighted by molar-refractivity contribution is 14.1. The Morgan fingerprint density at radius 3 is 2.50 bits per heavy atom. The summed E-state index contributed by atoms with van der Waals surface area (Å²) in [6.45, 7) is 2.98. The van der Waals surface area contributed by atoms with Crippen molar-refractivity contribution in [2.75, 3.05) is 6.61 Å². The van der Waals surface area contributed by atoms with Gasteiger partial charge in [-0.1, -0.05) is 44.8 Å². The average molecular weight is 412 g/mol. The molecule has 1 aromatic carbocycles. The molecule has 122 valence electrons. The zero-order valence-corrected chi connectivity index (χ0v) is 15.9. The van der Waals surface area contributed by atoms with Crippen LogP contribution in [-0.4, -0.2) is 6.61 Å². The molecule has 1 fully saturated rings. The van der Waals surface area contributed by atoms with Gasteiger partial charge in [0.1, 0.15) is 12.4 Å². The summed E-state index contributed by atoms with van der Waals surface area (Å²) in [5, 5.41) is 0. The quantitative estimate of drug-likeness (QED) is 0.265. The average Bonchev–Trinajstić information content (AvgIpc) is 2.55. The van der Waals surface area contributed by atoms with Crippen LogP contribution in [0.4, 0.5) is 0 Å². The molecule has 0 radical (unpaired) electrons. The molecule has 2 heteroatoms. The Hall–Kier alpha value is -0.510. The lowest BCUT2D eigenvalue weighted by atomic mass is 9.79. The lowest BCUT2D eigenvalue weighted by Crippen LogP contribution is -2.13. The molecule has 0 spiro atoms. The second-order valence-corrected chi connectivity index (χ2v) is 7.72. The third-order valence-corrected chi connectivity index (χ3v) is 5.39. The van der Waals surface area contributed by atoms with Crippen LogP contribution >= 0.6 is 22.6 Å².